The summed E-state index contributed by atoms with van der Waals surface area (Å²) in [6.07, 6.45) is 15.2. The van der Waals surface area contributed by atoms with Crippen molar-refractivity contribution in [1.29, 1.82) is 0 Å². The SMILES string of the molecule is CCC1=CC(c2c(-c3ccccc3)nn(CC3CCC(CC)CC3)c2C)=CCC1. The Morgan fingerprint density at radius 1 is 1.00 bits per heavy atom. The van der Waals surface area contributed by atoms with Crippen LogP contribution in [0.4, 0.5) is 0 Å². The Hall–Kier alpha value is -2.09. The molecule has 2 aliphatic rings. The van der Waals surface area contributed by atoms with E-state index in [9.17, 15) is 0 Å². The van der Waals surface area contributed by atoms with Gasteiger partial charge in [0.1, 0.15) is 5.69 Å². The van der Waals surface area contributed by atoms with Crippen LogP contribution in [0, 0.1) is 18.8 Å². The second-order valence-corrected chi connectivity index (χ2v) is 9.01. The monoisotopic (exact) mass is 388 g/mol. The first-order chi connectivity index (χ1) is 14.2. The van der Waals surface area contributed by atoms with Crippen molar-refractivity contribution in [1.82, 2.24) is 9.78 Å². The molecular weight excluding hydrogens is 352 g/mol. The molecule has 0 unspecified atom stereocenters. The molecule has 2 nitrogen and oxygen atoms in total. The number of benzene rings is 1. The molecule has 1 saturated carbocycles. The van der Waals surface area contributed by atoms with Crippen LogP contribution >= 0.6 is 0 Å². The van der Waals surface area contributed by atoms with Crippen LogP contribution in [0.15, 0.2) is 48.1 Å². The van der Waals surface area contributed by atoms with E-state index in [1.54, 1.807) is 5.57 Å². The maximum absolute atomic E-state index is 5.19. The summed E-state index contributed by atoms with van der Waals surface area (Å²) in [5, 5.41) is 5.19. The zero-order chi connectivity index (χ0) is 20.2. The Morgan fingerprint density at radius 3 is 2.41 bits per heavy atom. The lowest BCUT2D eigenvalue weighted by Crippen LogP contribution is -2.20. The molecule has 0 aliphatic heterocycles. The maximum Gasteiger partial charge on any atom is 0.100 e. The summed E-state index contributed by atoms with van der Waals surface area (Å²) >= 11 is 0. The maximum atomic E-state index is 5.19. The minimum atomic E-state index is 0.773. The van der Waals surface area contributed by atoms with E-state index < -0.39 is 0 Å². The van der Waals surface area contributed by atoms with Crippen LogP contribution in [0.3, 0.4) is 0 Å². The van der Waals surface area contributed by atoms with Crippen molar-refractivity contribution < 1.29 is 0 Å². The molecule has 0 atom stereocenters. The molecule has 0 radical (unpaired) electrons. The fourth-order valence-corrected chi connectivity index (χ4v) is 5.15. The van der Waals surface area contributed by atoms with Gasteiger partial charge in [-0.15, -0.1) is 0 Å². The fourth-order valence-electron chi connectivity index (χ4n) is 5.15. The van der Waals surface area contributed by atoms with Crippen LogP contribution in [-0.4, -0.2) is 9.78 Å². The van der Waals surface area contributed by atoms with Crippen LogP contribution in [0.5, 0.6) is 0 Å². The van der Waals surface area contributed by atoms with Crippen LogP contribution < -0.4 is 0 Å². The second-order valence-electron chi connectivity index (χ2n) is 9.01. The van der Waals surface area contributed by atoms with Crippen molar-refractivity contribution in [2.24, 2.45) is 11.8 Å². The molecule has 0 amide bonds. The van der Waals surface area contributed by atoms with Gasteiger partial charge in [0.25, 0.3) is 0 Å². The number of nitrogens with zero attached hydrogens (tertiary/aromatic N) is 2. The standard InChI is InChI=1S/C27H36N2/c1-4-21-14-16-23(17-15-21)19-29-20(3)26(25-13-9-10-22(5-2)18-25)27(28-29)24-11-7-6-8-12-24/h6-8,11-13,18,21,23H,4-5,9-10,14-17,19H2,1-3H3. The molecule has 0 bridgehead atoms. The number of aromatic nitrogens is 2. The summed E-state index contributed by atoms with van der Waals surface area (Å²) in [5.41, 5.74) is 8.02. The van der Waals surface area contributed by atoms with Crippen LogP contribution in [0.2, 0.25) is 0 Å². The third-order valence-corrected chi connectivity index (χ3v) is 7.16. The van der Waals surface area contributed by atoms with Gasteiger partial charge in [0.2, 0.25) is 0 Å². The Bertz CT molecular complexity index is 877. The van der Waals surface area contributed by atoms with Crippen molar-refractivity contribution in [3.63, 3.8) is 0 Å². The minimum absolute atomic E-state index is 0.773. The average molecular weight is 389 g/mol. The van der Waals surface area contributed by atoms with E-state index in [1.165, 1.54) is 60.9 Å². The lowest BCUT2D eigenvalue weighted by atomic mass is 9.81. The van der Waals surface area contributed by atoms with E-state index in [0.29, 0.717) is 0 Å². The Labute approximate surface area is 176 Å². The molecule has 154 valence electrons. The summed E-state index contributed by atoms with van der Waals surface area (Å²) in [6.45, 7) is 7.97. The van der Waals surface area contributed by atoms with Gasteiger partial charge in [-0.3, -0.25) is 4.68 Å². The zero-order valence-electron chi connectivity index (χ0n) is 18.5. The van der Waals surface area contributed by atoms with Gasteiger partial charge < -0.3 is 0 Å². The van der Waals surface area contributed by atoms with Crippen molar-refractivity contribution in [3.05, 3.63) is 59.3 Å². The Balaban J connectivity index is 1.68. The lowest BCUT2D eigenvalue weighted by molar-refractivity contribution is 0.241. The Kier molecular flexibility index (Phi) is 6.37. The van der Waals surface area contributed by atoms with Crippen molar-refractivity contribution in [2.75, 3.05) is 0 Å². The van der Waals surface area contributed by atoms with Gasteiger partial charge in [-0.05, 0) is 56.4 Å². The summed E-state index contributed by atoms with van der Waals surface area (Å²) in [5.74, 6) is 1.72. The highest BCUT2D eigenvalue weighted by Gasteiger charge is 2.24. The molecule has 29 heavy (non-hydrogen) atoms. The quantitative estimate of drug-likeness (QED) is 0.498. The van der Waals surface area contributed by atoms with Gasteiger partial charge in [-0.2, -0.15) is 5.10 Å². The van der Waals surface area contributed by atoms with Crippen molar-refractivity contribution in [2.45, 2.75) is 78.7 Å². The second kappa shape index (κ2) is 9.15. The fraction of sp³-hybridized carbons (Fsp3) is 0.519. The van der Waals surface area contributed by atoms with E-state index in [1.807, 2.05) is 0 Å². The van der Waals surface area contributed by atoms with Crippen LogP contribution in [-0.2, 0) is 6.54 Å². The third kappa shape index (κ3) is 4.42. The largest absolute Gasteiger partial charge is 0.268 e. The summed E-state index contributed by atoms with van der Waals surface area (Å²) in [4.78, 5) is 0. The predicted molar refractivity (Wildman–Crippen MR) is 124 cm³/mol. The third-order valence-electron chi connectivity index (χ3n) is 7.16. The van der Waals surface area contributed by atoms with E-state index in [0.717, 1.165) is 36.9 Å². The van der Waals surface area contributed by atoms with Gasteiger partial charge >= 0.3 is 0 Å². The zero-order valence-corrected chi connectivity index (χ0v) is 18.5. The molecule has 4 rings (SSSR count). The minimum Gasteiger partial charge on any atom is -0.268 e. The average Bonchev–Trinajstić information content (AvgIpc) is 3.11. The molecule has 1 aromatic carbocycles. The number of allylic oxidation sites excluding steroid dienone is 4. The van der Waals surface area contributed by atoms with Gasteiger partial charge in [0.05, 0.1) is 0 Å². The first kappa shape index (κ1) is 20.2. The van der Waals surface area contributed by atoms with E-state index >= 15 is 0 Å². The van der Waals surface area contributed by atoms with E-state index in [4.69, 9.17) is 5.10 Å². The molecule has 2 heteroatoms. The lowest BCUT2D eigenvalue weighted by Gasteiger charge is -2.28. The smallest absolute Gasteiger partial charge is 0.100 e. The Morgan fingerprint density at radius 2 is 1.72 bits per heavy atom. The molecule has 1 aromatic heterocycles. The van der Waals surface area contributed by atoms with Crippen LogP contribution in [0.25, 0.3) is 16.8 Å². The molecule has 0 saturated heterocycles. The predicted octanol–water partition coefficient (Wildman–Crippen LogP) is 7.59. The van der Waals surface area contributed by atoms with Crippen LogP contribution in [0.1, 0.15) is 76.5 Å². The molecule has 1 fully saturated rings. The topological polar surface area (TPSA) is 17.8 Å². The number of hydrogen-bond donors (Lipinski definition) is 0. The molecule has 2 aromatic rings. The summed E-state index contributed by atoms with van der Waals surface area (Å²) < 4.78 is 2.32. The summed E-state index contributed by atoms with van der Waals surface area (Å²) in [7, 11) is 0. The molecular formula is C27H36N2. The van der Waals surface area contributed by atoms with Gasteiger partial charge in [-0.1, -0.05) is 81.2 Å². The highest BCUT2D eigenvalue weighted by molar-refractivity contribution is 5.86. The summed E-state index contributed by atoms with van der Waals surface area (Å²) in [6, 6.07) is 10.8. The normalized spacial score (nSPS) is 22.3. The van der Waals surface area contributed by atoms with E-state index in [-0.39, 0.29) is 0 Å². The van der Waals surface area contributed by atoms with Crippen molar-refractivity contribution in [3.8, 4) is 11.3 Å². The molecule has 1 heterocycles. The first-order valence-corrected chi connectivity index (χ1v) is 11.7. The number of rotatable bonds is 6. The first-order valence-electron chi connectivity index (χ1n) is 11.7. The van der Waals surface area contributed by atoms with E-state index in [2.05, 4.69) is 67.9 Å². The van der Waals surface area contributed by atoms with Gasteiger partial charge in [-0.25, -0.2) is 0 Å². The number of hydrogen-bond acceptors (Lipinski definition) is 1. The van der Waals surface area contributed by atoms with Gasteiger partial charge in [0.15, 0.2) is 0 Å². The molecule has 0 spiro atoms. The molecule has 2 aliphatic carbocycles. The highest BCUT2D eigenvalue weighted by atomic mass is 15.3. The molecule has 0 N–H and O–H groups in total. The van der Waals surface area contributed by atoms with Crippen molar-refractivity contribution >= 4 is 5.57 Å². The highest BCUT2D eigenvalue weighted by Crippen LogP contribution is 2.37. The van der Waals surface area contributed by atoms with Gasteiger partial charge in [0, 0.05) is 23.4 Å².